The molecule has 80 heavy (non-hydrogen) atoms. The Labute approximate surface area is 494 Å². The Morgan fingerprint density at radius 1 is 0.487 bits per heavy atom. The predicted octanol–water partition coefficient (Wildman–Crippen LogP) is 19.1. The number of rotatable bonds is 6. The number of anilines is 4. The van der Waals surface area contributed by atoms with E-state index in [0.717, 1.165) is 77.5 Å². The molecule has 4 aromatic heterocycles. The van der Waals surface area contributed by atoms with Gasteiger partial charge in [0.2, 0.25) is 0 Å². The van der Waals surface area contributed by atoms with E-state index in [1.807, 2.05) is 115 Å². The summed E-state index contributed by atoms with van der Waals surface area (Å²) < 4.78 is 69.4. The number of ether oxygens (including phenoxy) is 1. The van der Waals surface area contributed by atoms with Crippen LogP contribution in [0.3, 0.4) is 0 Å². The Kier molecular flexibility index (Phi) is 10.8. The molecule has 0 atom stereocenters. The maximum Gasteiger partial charge on any atom is 0.135 e. The van der Waals surface area contributed by atoms with Crippen molar-refractivity contribution in [2.75, 3.05) is 9.80 Å². The van der Waals surface area contributed by atoms with Crippen LogP contribution in [0.15, 0.2) is 158 Å². The fraction of sp³-hybridized carbons (Fsp3) is 0.250. The summed E-state index contributed by atoms with van der Waals surface area (Å²) in [4.78, 5) is 8.97. The normalized spacial score (nSPS) is 14.8. The first-order valence-electron chi connectivity index (χ1n) is 30.4. The number of benzene rings is 8. The van der Waals surface area contributed by atoms with Crippen molar-refractivity contribution in [2.24, 2.45) is 14.0 Å². The van der Waals surface area contributed by atoms with E-state index in [9.17, 15) is 8.22 Å². The molecule has 5 heterocycles. The number of para-hydroxylation sites is 3. The van der Waals surface area contributed by atoms with Crippen molar-refractivity contribution < 1.29 is 34.0 Å². The summed E-state index contributed by atoms with van der Waals surface area (Å²) in [5, 5.41) is 5.02. The molecule has 7 nitrogen and oxygen atoms in total. The topological polar surface area (TPSA) is 43.4 Å². The summed E-state index contributed by atoms with van der Waals surface area (Å²) in [6.07, 6.45) is 1.87. The summed E-state index contributed by atoms with van der Waals surface area (Å²) in [6, 6.07) is 58.3. The molecule has 0 radical (unpaired) electrons. The first-order valence-corrected chi connectivity index (χ1v) is 27.4. The maximum atomic E-state index is 9.55. The molecule has 0 spiro atoms. The van der Waals surface area contributed by atoms with E-state index < -0.39 is 14.0 Å². The van der Waals surface area contributed by atoms with Crippen molar-refractivity contribution in [3.05, 3.63) is 199 Å². The largest absolute Gasteiger partial charge is 0.509 e. The van der Waals surface area contributed by atoms with E-state index in [1.54, 1.807) is 0 Å². The molecule has 0 saturated carbocycles. The van der Waals surface area contributed by atoms with Crippen molar-refractivity contribution in [1.82, 2.24) is 18.7 Å². The Morgan fingerprint density at radius 2 is 1.05 bits per heavy atom. The van der Waals surface area contributed by atoms with Gasteiger partial charge in [0, 0.05) is 116 Å². The Hall–Kier alpha value is -7.60. The second kappa shape index (κ2) is 18.7. The van der Waals surface area contributed by atoms with Gasteiger partial charge in [0.25, 0.3) is 0 Å². The smallest absolute Gasteiger partial charge is 0.135 e. The number of fused-ring (bicyclic) bond motifs is 10. The van der Waals surface area contributed by atoms with Gasteiger partial charge < -0.3 is 28.2 Å². The zero-order chi connectivity index (χ0) is 60.2. The van der Waals surface area contributed by atoms with Crippen molar-refractivity contribution in [1.29, 1.82) is 0 Å². The average molecular weight is 1240 g/mol. The van der Waals surface area contributed by atoms with Crippen LogP contribution in [0.1, 0.15) is 114 Å². The first kappa shape index (κ1) is 46.2. The van der Waals surface area contributed by atoms with E-state index in [-0.39, 0.29) is 42.7 Å². The molecule has 0 amide bonds. The monoisotopic (exact) mass is 1230 g/mol. The average Bonchev–Trinajstić information content (AvgIpc) is 1.51. The predicted molar refractivity (Wildman–Crippen MR) is 332 cm³/mol. The molecule has 0 bridgehead atoms. The molecule has 0 N–H and O–H groups in total. The Bertz CT molecular complexity index is 4570. The van der Waals surface area contributed by atoms with Crippen LogP contribution in [0.25, 0.3) is 82.4 Å². The quantitative estimate of drug-likeness (QED) is 0.156. The Morgan fingerprint density at radius 3 is 1.65 bits per heavy atom. The van der Waals surface area contributed by atoms with E-state index in [2.05, 4.69) is 159 Å². The molecule has 0 saturated heterocycles. The molecule has 0 fully saturated rings. The van der Waals surface area contributed by atoms with E-state index in [4.69, 9.17) is 9.72 Å². The third-order valence-corrected chi connectivity index (χ3v) is 16.1. The second-order valence-electron chi connectivity index (χ2n) is 25.6. The molecular weight excluding hydrogens is 1160 g/mol. The van der Waals surface area contributed by atoms with E-state index >= 15 is 0 Å². The fourth-order valence-corrected chi connectivity index (χ4v) is 11.8. The SMILES string of the molecule is [2H]C([2H])([2H])n1c2ccc(C(C)(C)C)cc2c2c(-c3ccccc3)c3c4cc(C(C)(C)C)ccc4n(C([2H])([2H])[2H])c3c(N3[CH-]N(c4[c-]c(Oc5[c-]c6c(cc5)c5ccccc5n6-c5cc(C(C)(C)C)ccn5)cc(C(C)(C)C)c4)c4ccccc43)c21.[Pt]. The summed E-state index contributed by atoms with van der Waals surface area (Å²) in [6.45, 7) is 22.5. The molecule has 1 aliphatic rings. The van der Waals surface area contributed by atoms with Gasteiger partial charge in [-0.2, -0.15) is 6.07 Å². The number of nitrogens with zero attached hydrogens (tertiary/aromatic N) is 6. The first-order chi connectivity index (χ1) is 40.0. The van der Waals surface area contributed by atoms with Crippen LogP contribution in [0.4, 0.5) is 22.7 Å². The van der Waals surface area contributed by atoms with Crippen molar-refractivity contribution in [3.8, 4) is 28.4 Å². The number of aromatic nitrogens is 4. The van der Waals surface area contributed by atoms with Crippen molar-refractivity contribution >= 4 is 88.2 Å². The van der Waals surface area contributed by atoms with Crippen LogP contribution >= 0.6 is 0 Å². The summed E-state index contributed by atoms with van der Waals surface area (Å²) in [5.41, 5.74) is 10.9. The van der Waals surface area contributed by atoms with Crippen LogP contribution in [0, 0.1) is 18.8 Å². The molecule has 0 unspecified atom stereocenters. The number of hydrogen-bond donors (Lipinski definition) is 0. The van der Waals surface area contributed by atoms with Crippen molar-refractivity contribution in [2.45, 2.75) is 105 Å². The van der Waals surface area contributed by atoms with Gasteiger partial charge in [0.1, 0.15) is 5.82 Å². The van der Waals surface area contributed by atoms with Crippen molar-refractivity contribution in [3.63, 3.8) is 0 Å². The van der Waals surface area contributed by atoms with Gasteiger partial charge in [-0.05, 0) is 104 Å². The van der Waals surface area contributed by atoms with Gasteiger partial charge in [-0.1, -0.05) is 161 Å². The molecule has 13 rings (SSSR count). The standard InChI is InChI=1S/C72H69N6O.Pt/c1-69(2,3)45-28-32-56-54(38-45)64-63(44-22-16-15-17-23-44)65-55-39-46(70(4,5)6)29-33-57(55)75(14)67(65)68(66(64)74(56)13)77-43-76(59-26-20-21-27-60(59)77)49-36-48(72(10,11)12)37-51(41-49)79-50-30-31-53-52-24-18-19-25-58(52)78(61(53)42-50)62-40-47(34-35-73-62)71(7,8)9;/h15-40,43H,1-14H3;/q-3;/i13D3,14D3;. The van der Waals surface area contributed by atoms with Crippen LogP contribution in [-0.4, -0.2) is 18.7 Å². The zero-order valence-corrected chi connectivity index (χ0v) is 49.8. The van der Waals surface area contributed by atoms with Crippen LogP contribution in [0.5, 0.6) is 11.5 Å². The third-order valence-electron chi connectivity index (χ3n) is 16.1. The molecule has 12 aromatic rings. The molecule has 406 valence electrons. The van der Waals surface area contributed by atoms with Crippen LogP contribution in [0.2, 0.25) is 0 Å². The number of hydrogen-bond acceptors (Lipinski definition) is 4. The Balaban J connectivity index is 0.00000724. The summed E-state index contributed by atoms with van der Waals surface area (Å²) in [7, 11) is 0. The minimum absolute atomic E-state index is 0. The minimum Gasteiger partial charge on any atom is -0.509 e. The molecule has 1 aliphatic heterocycles. The zero-order valence-electron chi connectivity index (χ0n) is 53.5. The molecule has 0 aliphatic carbocycles. The van der Waals surface area contributed by atoms with Gasteiger partial charge in [-0.3, -0.25) is 0 Å². The fourth-order valence-electron chi connectivity index (χ4n) is 11.8. The minimum atomic E-state index is -2.74. The molecular formula is C72H69N6OPt-3. The van der Waals surface area contributed by atoms with Gasteiger partial charge in [0.05, 0.1) is 16.7 Å². The van der Waals surface area contributed by atoms with Crippen LogP contribution < -0.4 is 14.5 Å². The van der Waals surface area contributed by atoms with Gasteiger partial charge >= 0.3 is 0 Å². The number of pyridine rings is 1. The maximum absolute atomic E-state index is 9.55. The van der Waals surface area contributed by atoms with Gasteiger partial charge in [-0.25, -0.2) is 4.98 Å². The summed E-state index contributed by atoms with van der Waals surface area (Å²) in [5.74, 6) is 1.74. The molecule has 8 heteroatoms. The number of aryl methyl sites for hydroxylation is 2. The second-order valence-corrected chi connectivity index (χ2v) is 25.6. The molecule has 8 aromatic carbocycles. The summed E-state index contributed by atoms with van der Waals surface area (Å²) >= 11 is 0. The van der Waals surface area contributed by atoms with Gasteiger partial charge in [-0.15, -0.1) is 53.6 Å². The van der Waals surface area contributed by atoms with Crippen LogP contribution in [-0.2, 0) is 56.7 Å². The van der Waals surface area contributed by atoms with E-state index in [1.165, 1.54) is 9.13 Å². The third kappa shape index (κ3) is 8.53. The van der Waals surface area contributed by atoms with Gasteiger partial charge in [0.15, 0.2) is 0 Å². The van der Waals surface area contributed by atoms with E-state index in [0.29, 0.717) is 61.4 Å².